The standard InChI is InChI=1S/C15H13BrN2O/c16-12-5-1-4-11(9-12)15(19)18-8-7-10-3-2-6-13(17)14(10)18/h1-6,9H,7-8,17H2. The smallest absolute Gasteiger partial charge is 0.258 e. The molecule has 2 aromatic carbocycles. The van der Waals surface area contributed by atoms with Gasteiger partial charge in [0, 0.05) is 16.6 Å². The Morgan fingerprint density at radius 3 is 2.79 bits per heavy atom. The second kappa shape index (κ2) is 4.70. The minimum Gasteiger partial charge on any atom is -0.397 e. The van der Waals surface area contributed by atoms with Crippen molar-refractivity contribution in [1.29, 1.82) is 0 Å². The summed E-state index contributed by atoms with van der Waals surface area (Å²) in [6.07, 6.45) is 0.861. The summed E-state index contributed by atoms with van der Waals surface area (Å²) < 4.78 is 0.902. The Kier molecular flexibility index (Phi) is 3.03. The lowest BCUT2D eigenvalue weighted by Gasteiger charge is -2.19. The number of fused-ring (bicyclic) bond motifs is 1. The van der Waals surface area contributed by atoms with Gasteiger partial charge in [-0.25, -0.2) is 0 Å². The van der Waals surface area contributed by atoms with Crippen molar-refractivity contribution in [3.05, 3.63) is 58.1 Å². The Balaban J connectivity index is 2.00. The molecule has 0 saturated carbocycles. The van der Waals surface area contributed by atoms with Gasteiger partial charge in [0.1, 0.15) is 0 Å². The molecule has 3 rings (SSSR count). The van der Waals surface area contributed by atoms with E-state index in [4.69, 9.17) is 5.73 Å². The second-order valence-electron chi connectivity index (χ2n) is 4.57. The van der Waals surface area contributed by atoms with E-state index in [0.717, 1.165) is 22.1 Å². The van der Waals surface area contributed by atoms with Crippen molar-refractivity contribution in [2.45, 2.75) is 6.42 Å². The lowest BCUT2D eigenvalue weighted by Crippen LogP contribution is -2.29. The van der Waals surface area contributed by atoms with Crippen LogP contribution in [0.25, 0.3) is 0 Å². The fourth-order valence-electron chi connectivity index (χ4n) is 2.47. The zero-order valence-electron chi connectivity index (χ0n) is 10.3. The van der Waals surface area contributed by atoms with E-state index in [9.17, 15) is 4.79 Å². The number of halogens is 1. The summed E-state index contributed by atoms with van der Waals surface area (Å²) in [6, 6.07) is 13.2. The molecule has 96 valence electrons. The summed E-state index contributed by atoms with van der Waals surface area (Å²) in [4.78, 5) is 14.3. The van der Waals surface area contributed by atoms with Crippen LogP contribution in [0.15, 0.2) is 46.9 Å². The van der Waals surface area contributed by atoms with E-state index in [1.807, 2.05) is 42.5 Å². The molecule has 1 heterocycles. The molecule has 0 aliphatic carbocycles. The first kappa shape index (κ1) is 12.2. The summed E-state index contributed by atoms with van der Waals surface area (Å²) in [6.45, 7) is 0.689. The number of para-hydroxylation sites is 1. The molecule has 2 aromatic rings. The minimum absolute atomic E-state index is 0.00190. The maximum absolute atomic E-state index is 12.6. The molecule has 0 spiro atoms. The maximum Gasteiger partial charge on any atom is 0.258 e. The van der Waals surface area contributed by atoms with Crippen molar-refractivity contribution in [1.82, 2.24) is 0 Å². The van der Waals surface area contributed by atoms with E-state index in [2.05, 4.69) is 15.9 Å². The van der Waals surface area contributed by atoms with Gasteiger partial charge in [-0.3, -0.25) is 4.79 Å². The van der Waals surface area contributed by atoms with E-state index in [1.165, 1.54) is 0 Å². The zero-order valence-corrected chi connectivity index (χ0v) is 11.9. The third-order valence-electron chi connectivity index (χ3n) is 3.34. The fourth-order valence-corrected chi connectivity index (χ4v) is 2.87. The third-order valence-corrected chi connectivity index (χ3v) is 3.84. The molecule has 0 unspecified atom stereocenters. The molecule has 0 fully saturated rings. The molecule has 1 aliphatic heterocycles. The normalized spacial score (nSPS) is 13.4. The average molecular weight is 317 g/mol. The lowest BCUT2D eigenvalue weighted by atomic mass is 10.1. The maximum atomic E-state index is 12.6. The van der Waals surface area contributed by atoms with Crippen LogP contribution < -0.4 is 10.6 Å². The van der Waals surface area contributed by atoms with Crippen molar-refractivity contribution in [3.63, 3.8) is 0 Å². The number of carbonyl (C=O) groups excluding carboxylic acids is 1. The Hall–Kier alpha value is -1.81. The first-order chi connectivity index (χ1) is 9.16. The monoisotopic (exact) mass is 316 g/mol. The molecule has 0 radical (unpaired) electrons. The molecule has 4 heteroatoms. The summed E-state index contributed by atoms with van der Waals surface area (Å²) >= 11 is 3.39. The van der Waals surface area contributed by atoms with Gasteiger partial charge in [0.05, 0.1) is 11.4 Å². The van der Waals surface area contributed by atoms with Crippen LogP contribution >= 0.6 is 15.9 Å². The number of amides is 1. The number of anilines is 2. The van der Waals surface area contributed by atoms with Gasteiger partial charge in [0.15, 0.2) is 0 Å². The van der Waals surface area contributed by atoms with Gasteiger partial charge in [0.25, 0.3) is 5.91 Å². The molecule has 3 nitrogen and oxygen atoms in total. The van der Waals surface area contributed by atoms with E-state index in [-0.39, 0.29) is 5.91 Å². The largest absolute Gasteiger partial charge is 0.397 e. The lowest BCUT2D eigenvalue weighted by molar-refractivity contribution is 0.0989. The van der Waals surface area contributed by atoms with E-state index >= 15 is 0 Å². The van der Waals surface area contributed by atoms with Crippen LogP contribution in [0.4, 0.5) is 11.4 Å². The summed E-state index contributed by atoms with van der Waals surface area (Å²) in [5.41, 5.74) is 9.35. The van der Waals surface area contributed by atoms with Crippen LogP contribution in [0, 0.1) is 0 Å². The first-order valence-corrected chi connectivity index (χ1v) is 6.91. The van der Waals surface area contributed by atoms with E-state index < -0.39 is 0 Å². The Bertz CT molecular complexity index is 654. The third kappa shape index (κ3) is 2.12. The van der Waals surface area contributed by atoms with Crippen molar-refractivity contribution in [3.8, 4) is 0 Å². The molecule has 0 saturated heterocycles. The molecule has 0 bridgehead atoms. The van der Waals surface area contributed by atoms with E-state index in [1.54, 1.807) is 4.90 Å². The number of rotatable bonds is 1. The molecule has 1 aliphatic rings. The Morgan fingerprint density at radius 1 is 1.21 bits per heavy atom. The van der Waals surface area contributed by atoms with Crippen LogP contribution in [-0.4, -0.2) is 12.5 Å². The Labute approximate surface area is 120 Å². The number of hydrogen-bond acceptors (Lipinski definition) is 2. The van der Waals surface area contributed by atoms with Crippen LogP contribution in [0.5, 0.6) is 0 Å². The molecular formula is C15H13BrN2O. The molecular weight excluding hydrogens is 304 g/mol. The van der Waals surface area contributed by atoms with Crippen LogP contribution in [0.2, 0.25) is 0 Å². The summed E-state index contributed by atoms with van der Waals surface area (Å²) in [5.74, 6) is -0.00190. The van der Waals surface area contributed by atoms with Gasteiger partial charge in [-0.05, 0) is 36.2 Å². The number of nitrogen functional groups attached to an aromatic ring is 1. The first-order valence-electron chi connectivity index (χ1n) is 6.11. The van der Waals surface area contributed by atoms with Gasteiger partial charge < -0.3 is 10.6 Å². The van der Waals surface area contributed by atoms with Crippen LogP contribution in [-0.2, 0) is 6.42 Å². The zero-order chi connectivity index (χ0) is 13.4. The van der Waals surface area contributed by atoms with Crippen molar-refractivity contribution in [2.75, 3.05) is 17.2 Å². The second-order valence-corrected chi connectivity index (χ2v) is 5.49. The Morgan fingerprint density at radius 2 is 2.00 bits per heavy atom. The SMILES string of the molecule is Nc1cccc2c1N(C(=O)c1cccc(Br)c1)CC2. The number of nitrogens with zero attached hydrogens (tertiary/aromatic N) is 1. The highest BCUT2D eigenvalue weighted by Crippen LogP contribution is 2.34. The van der Waals surface area contributed by atoms with Crippen molar-refractivity contribution >= 4 is 33.2 Å². The summed E-state index contributed by atoms with van der Waals surface area (Å²) in [7, 11) is 0. The topological polar surface area (TPSA) is 46.3 Å². The van der Waals surface area contributed by atoms with Crippen molar-refractivity contribution in [2.24, 2.45) is 0 Å². The highest BCUT2D eigenvalue weighted by atomic mass is 79.9. The average Bonchev–Trinajstić information content (AvgIpc) is 2.83. The number of nitrogens with two attached hydrogens (primary N) is 1. The number of benzene rings is 2. The minimum atomic E-state index is -0.00190. The predicted molar refractivity (Wildman–Crippen MR) is 80.4 cm³/mol. The predicted octanol–water partition coefficient (Wildman–Crippen LogP) is 3.23. The molecule has 1 amide bonds. The van der Waals surface area contributed by atoms with Crippen LogP contribution in [0.1, 0.15) is 15.9 Å². The van der Waals surface area contributed by atoms with Gasteiger partial charge in [-0.2, -0.15) is 0 Å². The van der Waals surface area contributed by atoms with Crippen LogP contribution in [0.3, 0.4) is 0 Å². The molecule has 2 N–H and O–H groups in total. The molecule has 0 atom stereocenters. The van der Waals surface area contributed by atoms with Gasteiger partial charge in [-0.1, -0.05) is 34.1 Å². The van der Waals surface area contributed by atoms with Crippen molar-refractivity contribution < 1.29 is 4.79 Å². The quantitative estimate of drug-likeness (QED) is 0.821. The highest BCUT2D eigenvalue weighted by Gasteiger charge is 2.27. The van der Waals surface area contributed by atoms with Gasteiger partial charge in [0.2, 0.25) is 0 Å². The molecule has 19 heavy (non-hydrogen) atoms. The van der Waals surface area contributed by atoms with Gasteiger partial charge >= 0.3 is 0 Å². The highest BCUT2D eigenvalue weighted by molar-refractivity contribution is 9.10. The van der Waals surface area contributed by atoms with Gasteiger partial charge in [-0.15, -0.1) is 0 Å². The van der Waals surface area contributed by atoms with E-state index in [0.29, 0.717) is 17.8 Å². The number of hydrogen-bond donors (Lipinski definition) is 1. The fraction of sp³-hybridized carbons (Fsp3) is 0.133. The molecule has 0 aromatic heterocycles. The number of carbonyl (C=O) groups is 1. The summed E-state index contributed by atoms with van der Waals surface area (Å²) in [5, 5.41) is 0.